The molecular formula is C14H19N3O2. The number of hydrogen-bond donors (Lipinski definition) is 1. The Kier molecular flexibility index (Phi) is 3.85. The van der Waals surface area contributed by atoms with Crippen LogP contribution >= 0.6 is 0 Å². The monoisotopic (exact) mass is 261 g/mol. The highest BCUT2D eigenvalue weighted by Gasteiger charge is 2.18. The van der Waals surface area contributed by atoms with Gasteiger partial charge < -0.3 is 14.6 Å². The minimum Gasteiger partial charge on any atom is -0.468 e. The summed E-state index contributed by atoms with van der Waals surface area (Å²) < 4.78 is 6.74. The summed E-state index contributed by atoms with van der Waals surface area (Å²) in [5, 5.41) is 2.96. The third-order valence-corrected chi connectivity index (χ3v) is 3.45. The molecule has 0 saturated carbocycles. The number of esters is 1. The second kappa shape index (κ2) is 5.40. The molecule has 0 aliphatic carbocycles. The lowest BCUT2D eigenvalue weighted by Gasteiger charge is -2.15. The fourth-order valence-electron chi connectivity index (χ4n) is 2.08. The summed E-state index contributed by atoms with van der Waals surface area (Å²) in [5.41, 5.74) is 4.42. The molecule has 1 heterocycles. The number of carbonyl (C=O) groups is 1. The van der Waals surface area contributed by atoms with Crippen molar-refractivity contribution in [2.24, 2.45) is 0 Å². The van der Waals surface area contributed by atoms with Crippen molar-refractivity contribution < 1.29 is 9.53 Å². The van der Waals surface area contributed by atoms with Crippen LogP contribution in [-0.2, 0) is 16.1 Å². The number of likely N-dealkylation sites (N-methyl/N-ethyl adjacent to an activating group) is 1. The molecule has 0 spiro atoms. The van der Waals surface area contributed by atoms with Gasteiger partial charge in [-0.3, -0.25) is 4.79 Å². The zero-order valence-electron chi connectivity index (χ0n) is 11.7. The number of fused-ring (bicyclic) bond motifs is 1. The quantitative estimate of drug-likeness (QED) is 0.846. The molecule has 1 atom stereocenters. The Hall–Kier alpha value is -1.88. The zero-order valence-corrected chi connectivity index (χ0v) is 11.7. The molecule has 0 amide bonds. The largest absolute Gasteiger partial charge is 0.468 e. The topological polar surface area (TPSA) is 56.2 Å². The summed E-state index contributed by atoms with van der Waals surface area (Å²) in [6, 6.07) is 3.79. The Bertz CT molecular complexity index is 604. The molecule has 5 nitrogen and oxygen atoms in total. The third kappa shape index (κ3) is 2.61. The molecule has 1 aromatic carbocycles. The number of nitrogens with one attached hydrogen (secondary N) is 1. The van der Waals surface area contributed by atoms with Gasteiger partial charge in [0.2, 0.25) is 0 Å². The van der Waals surface area contributed by atoms with Crippen LogP contribution < -0.4 is 5.32 Å². The first kappa shape index (κ1) is 13.5. The average molecular weight is 261 g/mol. The summed E-state index contributed by atoms with van der Waals surface area (Å²) in [7, 11) is 3.14. The van der Waals surface area contributed by atoms with Crippen molar-refractivity contribution in [2.45, 2.75) is 26.4 Å². The van der Waals surface area contributed by atoms with Gasteiger partial charge in [-0.25, -0.2) is 4.98 Å². The lowest BCUT2D eigenvalue weighted by Crippen LogP contribution is -2.38. The van der Waals surface area contributed by atoms with Crippen molar-refractivity contribution in [2.75, 3.05) is 14.2 Å². The van der Waals surface area contributed by atoms with Crippen LogP contribution in [-0.4, -0.2) is 35.7 Å². The maximum absolute atomic E-state index is 11.6. The molecule has 2 aromatic rings. The van der Waals surface area contributed by atoms with E-state index >= 15 is 0 Å². The van der Waals surface area contributed by atoms with E-state index in [1.807, 2.05) is 4.57 Å². The standard InChI is InChI=1S/C14H19N3O2/c1-9-5-11-13(6-10(9)2)17(8-16-11)7-12(15-3)14(18)19-4/h5-6,8,12,15H,7H2,1-4H3. The van der Waals surface area contributed by atoms with Gasteiger partial charge in [-0.05, 0) is 44.2 Å². The van der Waals surface area contributed by atoms with E-state index < -0.39 is 0 Å². The molecule has 0 fully saturated rings. The van der Waals surface area contributed by atoms with E-state index in [1.54, 1.807) is 13.4 Å². The van der Waals surface area contributed by atoms with Crippen molar-refractivity contribution in [3.05, 3.63) is 29.6 Å². The smallest absolute Gasteiger partial charge is 0.324 e. The van der Waals surface area contributed by atoms with Crippen molar-refractivity contribution in [1.82, 2.24) is 14.9 Å². The first-order valence-electron chi connectivity index (χ1n) is 6.24. The molecule has 0 bridgehead atoms. The lowest BCUT2D eigenvalue weighted by atomic mass is 10.1. The van der Waals surface area contributed by atoms with Crippen LogP contribution in [0, 0.1) is 13.8 Å². The third-order valence-electron chi connectivity index (χ3n) is 3.45. The molecule has 1 unspecified atom stereocenters. The Morgan fingerprint density at radius 3 is 2.74 bits per heavy atom. The molecule has 0 saturated heterocycles. The fraction of sp³-hybridized carbons (Fsp3) is 0.429. The number of ether oxygens (including phenoxy) is 1. The van der Waals surface area contributed by atoms with Crippen LogP contribution in [0.5, 0.6) is 0 Å². The van der Waals surface area contributed by atoms with Crippen molar-refractivity contribution in [3.63, 3.8) is 0 Å². The number of rotatable bonds is 4. The SMILES string of the molecule is CNC(Cn1cnc2cc(C)c(C)cc21)C(=O)OC. The van der Waals surface area contributed by atoms with Crippen LogP contribution in [0.1, 0.15) is 11.1 Å². The van der Waals surface area contributed by atoms with Crippen molar-refractivity contribution in [1.29, 1.82) is 0 Å². The maximum Gasteiger partial charge on any atom is 0.324 e. The van der Waals surface area contributed by atoms with Crippen molar-refractivity contribution >= 4 is 17.0 Å². The van der Waals surface area contributed by atoms with E-state index in [0.29, 0.717) is 6.54 Å². The number of imidazole rings is 1. The minimum atomic E-state index is -0.371. The molecule has 0 aliphatic rings. The molecule has 2 rings (SSSR count). The van der Waals surface area contributed by atoms with E-state index in [4.69, 9.17) is 4.74 Å². The summed E-state index contributed by atoms with van der Waals surface area (Å²) >= 11 is 0. The number of carbonyl (C=O) groups excluding carboxylic acids is 1. The Labute approximate surface area is 112 Å². The van der Waals surface area contributed by atoms with E-state index in [0.717, 1.165) is 11.0 Å². The van der Waals surface area contributed by atoms with Crippen LogP contribution in [0.4, 0.5) is 0 Å². The van der Waals surface area contributed by atoms with E-state index in [-0.39, 0.29) is 12.0 Å². The second-order valence-corrected chi connectivity index (χ2v) is 4.69. The van der Waals surface area contributed by atoms with Gasteiger partial charge in [0.1, 0.15) is 6.04 Å². The van der Waals surface area contributed by atoms with E-state index in [2.05, 4.69) is 36.3 Å². The van der Waals surface area contributed by atoms with Gasteiger partial charge in [0, 0.05) is 0 Å². The number of benzene rings is 1. The number of hydrogen-bond acceptors (Lipinski definition) is 4. The second-order valence-electron chi connectivity index (χ2n) is 4.69. The fourth-order valence-corrected chi connectivity index (χ4v) is 2.08. The highest BCUT2D eigenvalue weighted by Crippen LogP contribution is 2.18. The van der Waals surface area contributed by atoms with Gasteiger partial charge in [0.05, 0.1) is 31.0 Å². The molecule has 0 aliphatic heterocycles. The minimum absolute atomic E-state index is 0.270. The van der Waals surface area contributed by atoms with Gasteiger partial charge in [0.25, 0.3) is 0 Å². The molecule has 102 valence electrons. The molecule has 1 N–H and O–H groups in total. The summed E-state index contributed by atoms with van der Waals surface area (Å²) in [4.78, 5) is 16.0. The first-order valence-corrected chi connectivity index (χ1v) is 6.24. The highest BCUT2D eigenvalue weighted by atomic mass is 16.5. The number of methoxy groups -OCH3 is 1. The summed E-state index contributed by atoms with van der Waals surface area (Å²) in [5.74, 6) is -0.270. The molecule has 0 radical (unpaired) electrons. The van der Waals surface area contributed by atoms with Gasteiger partial charge in [0.15, 0.2) is 0 Å². The Morgan fingerprint density at radius 2 is 2.11 bits per heavy atom. The van der Waals surface area contributed by atoms with Crippen molar-refractivity contribution in [3.8, 4) is 0 Å². The van der Waals surface area contributed by atoms with E-state index in [1.165, 1.54) is 18.2 Å². The van der Waals surface area contributed by atoms with Crippen LogP contribution in [0.25, 0.3) is 11.0 Å². The van der Waals surface area contributed by atoms with Gasteiger partial charge in [-0.1, -0.05) is 0 Å². The first-order chi connectivity index (χ1) is 9.06. The number of nitrogens with zero attached hydrogens (tertiary/aromatic N) is 2. The Balaban J connectivity index is 2.35. The predicted molar refractivity (Wildman–Crippen MR) is 74.1 cm³/mol. The maximum atomic E-state index is 11.6. The van der Waals surface area contributed by atoms with E-state index in [9.17, 15) is 4.79 Å². The number of aromatic nitrogens is 2. The summed E-state index contributed by atoms with van der Waals surface area (Å²) in [6.45, 7) is 4.64. The van der Waals surface area contributed by atoms with Gasteiger partial charge in [-0.15, -0.1) is 0 Å². The Morgan fingerprint density at radius 1 is 1.42 bits per heavy atom. The zero-order chi connectivity index (χ0) is 14.0. The lowest BCUT2D eigenvalue weighted by molar-refractivity contribution is -0.143. The molecule has 5 heteroatoms. The van der Waals surface area contributed by atoms with Gasteiger partial charge in [-0.2, -0.15) is 0 Å². The van der Waals surface area contributed by atoms with Crippen LogP contribution in [0.15, 0.2) is 18.5 Å². The molecular weight excluding hydrogens is 242 g/mol. The normalized spacial score (nSPS) is 12.6. The number of aryl methyl sites for hydroxylation is 2. The van der Waals surface area contributed by atoms with Crippen LogP contribution in [0.2, 0.25) is 0 Å². The predicted octanol–water partition coefficient (Wildman–Crippen LogP) is 1.41. The highest BCUT2D eigenvalue weighted by molar-refractivity contribution is 5.78. The average Bonchev–Trinajstić information content (AvgIpc) is 2.78. The molecule has 19 heavy (non-hydrogen) atoms. The van der Waals surface area contributed by atoms with Crippen LogP contribution in [0.3, 0.4) is 0 Å². The van der Waals surface area contributed by atoms with Gasteiger partial charge >= 0.3 is 5.97 Å². The molecule has 1 aromatic heterocycles. The summed E-state index contributed by atoms with van der Waals surface area (Å²) in [6.07, 6.45) is 1.76.